The van der Waals surface area contributed by atoms with E-state index in [2.05, 4.69) is 11.4 Å². The lowest BCUT2D eigenvalue weighted by molar-refractivity contribution is 0.780. The van der Waals surface area contributed by atoms with Gasteiger partial charge in [0.1, 0.15) is 6.07 Å². The van der Waals surface area contributed by atoms with E-state index in [0.29, 0.717) is 17.1 Å². The molecule has 3 nitrogen and oxygen atoms in total. The first-order chi connectivity index (χ1) is 6.65. The molecule has 3 N–H and O–H groups in total. The maximum atomic E-state index is 8.86. The molecular formula is C10H12ClN3. The summed E-state index contributed by atoms with van der Waals surface area (Å²) in [5.74, 6) is 0. The summed E-state index contributed by atoms with van der Waals surface area (Å²) in [5.41, 5.74) is 6.79. The van der Waals surface area contributed by atoms with E-state index >= 15 is 0 Å². The fraction of sp³-hybridized carbons (Fsp3) is 0.300. The van der Waals surface area contributed by atoms with Gasteiger partial charge in [0, 0.05) is 12.6 Å². The van der Waals surface area contributed by atoms with Crippen LogP contribution < -0.4 is 11.1 Å². The molecule has 0 radical (unpaired) electrons. The first-order valence-electron chi connectivity index (χ1n) is 4.33. The van der Waals surface area contributed by atoms with E-state index < -0.39 is 0 Å². The minimum Gasteiger partial charge on any atom is -0.382 e. The molecule has 0 spiro atoms. The van der Waals surface area contributed by atoms with Crippen LogP contribution in [0.15, 0.2) is 18.2 Å². The third-order valence-electron chi connectivity index (χ3n) is 1.74. The van der Waals surface area contributed by atoms with Crippen LogP contribution in [0.2, 0.25) is 5.02 Å². The Labute approximate surface area is 88.5 Å². The van der Waals surface area contributed by atoms with E-state index in [4.69, 9.17) is 22.6 Å². The average Bonchev–Trinajstić information content (AvgIpc) is 2.14. The van der Waals surface area contributed by atoms with E-state index in [1.165, 1.54) is 0 Å². The number of nitrogens with zero attached hydrogens (tertiary/aromatic N) is 1. The van der Waals surface area contributed by atoms with Crippen LogP contribution in [0.25, 0.3) is 0 Å². The number of hydrogen-bond acceptors (Lipinski definition) is 3. The van der Waals surface area contributed by atoms with Crippen molar-refractivity contribution in [2.24, 2.45) is 5.73 Å². The Balaban J connectivity index is 2.87. The van der Waals surface area contributed by atoms with Gasteiger partial charge in [0.25, 0.3) is 0 Å². The van der Waals surface area contributed by atoms with Gasteiger partial charge in [-0.1, -0.05) is 17.7 Å². The quantitative estimate of drug-likeness (QED) is 0.800. The molecule has 74 valence electrons. The Bertz CT molecular complexity index is 355. The first-order valence-corrected chi connectivity index (χ1v) is 4.71. The summed E-state index contributed by atoms with van der Waals surface area (Å²) in [6, 6.07) is 7.40. The molecule has 1 unspecified atom stereocenters. The van der Waals surface area contributed by atoms with Crippen molar-refractivity contribution in [3.63, 3.8) is 0 Å². The zero-order valence-corrected chi connectivity index (χ0v) is 8.67. The van der Waals surface area contributed by atoms with Gasteiger partial charge in [0.15, 0.2) is 0 Å². The van der Waals surface area contributed by atoms with Crippen molar-refractivity contribution in [3.8, 4) is 6.07 Å². The van der Waals surface area contributed by atoms with Gasteiger partial charge < -0.3 is 11.1 Å². The highest BCUT2D eigenvalue weighted by molar-refractivity contribution is 6.32. The summed E-state index contributed by atoms with van der Waals surface area (Å²) < 4.78 is 0. The molecule has 14 heavy (non-hydrogen) atoms. The average molecular weight is 210 g/mol. The zero-order chi connectivity index (χ0) is 10.6. The normalized spacial score (nSPS) is 11.9. The highest BCUT2D eigenvalue weighted by atomic mass is 35.5. The molecule has 0 heterocycles. The number of hydrogen-bond donors (Lipinski definition) is 2. The van der Waals surface area contributed by atoms with Crippen molar-refractivity contribution in [2.45, 2.75) is 13.0 Å². The van der Waals surface area contributed by atoms with Crippen molar-refractivity contribution in [3.05, 3.63) is 28.8 Å². The second-order valence-corrected chi connectivity index (χ2v) is 3.54. The minimum atomic E-state index is 0.0422. The molecule has 0 aliphatic heterocycles. The Kier molecular flexibility index (Phi) is 3.75. The van der Waals surface area contributed by atoms with Crippen molar-refractivity contribution >= 4 is 17.3 Å². The molecule has 0 fully saturated rings. The van der Waals surface area contributed by atoms with Gasteiger partial charge in [-0.05, 0) is 19.1 Å². The molecule has 0 saturated carbocycles. The van der Waals surface area contributed by atoms with Gasteiger partial charge in [-0.15, -0.1) is 0 Å². The van der Waals surface area contributed by atoms with Gasteiger partial charge in [0.05, 0.1) is 16.3 Å². The van der Waals surface area contributed by atoms with E-state index in [9.17, 15) is 0 Å². The van der Waals surface area contributed by atoms with E-state index in [-0.39, 0.29) is 6.04 Å². The van der Waals surface area contributed by atoms with Crippen LogP contribution in [0.5, 0.6) is 0 Å². The minimum absolute atomic E-state index is 0.0422. The van der Waals surface area contributed by atoms with Gasteiger partial charge in [0.2, 0.25) is 0 Å². The molecule has 0 bridgehead atoms. The molecule has 0 aliphatic carbocycles. The molecule has 4 heteroatoms. The number of nitrogens with one attached hydrogen (secondary N) is 1. The Morgan fingerprint density at radius 1 is 1.64 bits per heavy atom. The number of nitriles is 1. The second-order valence-electron chi connectivity index (χ2n) is 3.13. The SMILES string of the molecule is CC(N)CNc1cccc(Cl)c1C#N. The van der Waals surface area contributed by atoms with Crippen molar-refractivity contribution in [1.82, 2.24) is 0 Å². The largest absolute Gasteiger partial charge is 0.382 e. The molecule has 0 aliphatic rings. The number of anilines is 1. The second kappa shape index (κ2) is 4.85. The lowest BCUT2D eigenvalue weighted by atomic mass is 10.2. The number of nitrogens with two attached hydrogens (primary N) is 1. The first kappa shape index (κ1) is 10.8. The summed E-state index contributed by atoms with van der Waals surface area (Å²) in [6.07, 6.45) is 0. The third kappa shape index (κ3) is 2.63. The van der Waals surface area contributed by atoms with Crippen LogP contribution in [0.4, 0.5) is 5.69 Å². The van der Waals surface area contributed by atoms with Gasteiger partial charge in [-0.2, -0.15) is 5.26 Å². The van der Waals surface area contributed by atoms with Crippen molar-refractivity contribution < 1.29 is 0 Å². The van der Waals surface area contributed by atoms with Gasteiger partial charge >= 0.3 is 0 Å². The lowest BCUT2D eigenvalue weighted by Gasteiger charge is -2.10. The van der Waals surface area contributed by atoms with Crippen LogP contribution in [-0.4, -0.2) is 12.6 Å². The van der Waals surface area contributed by atoms with Gasteiger partial charge in [-0.25, -0.2) is 0 Å². The summed E-state index contributed by atoms with van der Waals surface area (Å²) >= 11 is 5.85. The van der Waals surface area contributed by atoms with Crippen molar-refractivity contribution in [1.29, 1.82) is 5.26 Å². The smallest absolute Gasteiger partial charge is 0.103 e. The molecular weight excluding hydrogens is 198 g/mol. The molecule has 1 rings (SSSR count). The standard InChI is InChI=1S/C10H12ClN3/c1-7(13)6-14-10-4-2-3-9(11)8(10)5-12/h2-4,7,14H,6,13H2,1H3. The monoisotopic (exact) mass is 209 g/mol. The number of benzene rings is 1. The molecule has 1 aromatic rings. The van der Waals surface area contributed by atoms with E-state index in [1.54, 1.807) is 12.1 Å². The fourth-order valence-electron chi connectivity index (χ4n) is 1.06. The van der Waals surface area contributed by atoms with E-state index in [1.807, 2.05) is 13.0 Å². The summed E-state index contributed by atoms with van der Waals surface area (Å²) in [6.45, 7) is 2.51. The maximum absolute atomic E-state index is 8.86. The Hall–Kier alpha value is -1.24. The third-order valence-corrected chi connectivity index (χ3v) is 2.05. The molecule has 0 saturated heterocycles. The van der Waals surface area contributed by atoms with Gasteiger partial charge in [-0.3, -0.25) is 0 Å². The Morgan fingerprint density at radius 2 is 2.36 bits per heavy atom. The highest BCUT2D eigenvalue weighted by Crippen LogP contribution is 2.22. The summed E-state index contributed by atoms with van der Waals surface area (Å²) in [4.78, 5) is 0. The number of halogens is 1. The summed E-state index contributed by atoms with van der Waals surface area (Å²) in [7, 11) is 0. The van der Waals surface area contributed by atoms with Crippen LogP contribution in [0.1, 0.15) is 12.5 Å². The predicted octanol–water partition coefficient (Wildman–Crippen LogP) is 1.97. The summed E-state index contributed by atoms with van der Waals surface area (Å²) in [5, 5.41) is 12.4. The topological polar surface area (TPSA) is 61.8 Å². The predicted molar refractivity (Wildman–Crippen MR) is 58.3 cm³/mol. The molecule has 1 atom stereocenters. The highest BCUT2D eigenvalue weighted by Gasteiger charge is 2.05. The van der Waals surface area contributed by atoms with E-state index in [0.717, 1.165) is 5.69 Å². The van der Waals surface area contributed by atoms with Crippen molar-refractivity contribution in [2.75, 3.05) is 11.9 Å². The molecule has 0 aromatic heterocycles. The maximum Gasteiger partial charge on any atom is 0.103 e. The Morgan fingerprint density at radius 3 is 2.93 bits per heavy atom. The van der Waals surface area contributed by atoms with Crippen LogP contribution in [0, 0.1) is 11.3 Å². The fourth-order valence-corrected chi connectivity index (χ4v) is 1.27. The number of rotatable bonds is 3. The molecule has 1 aromatic carbocycles. The van der Waals surface area contributed by atoms with Crippen LogP contribution in [-0.2, 0) is 0 Å². The van der Waals surface area contributed by atoms with Crippen LogP contribution >= 0.6 is 11.6 Å². The lowest BCUT2D eigenvalue weighted by Crippen LogP contribution is -2.25. The molecule has 0 amide bonds. The zero-order valence-electron chi connectivity index (χ0n) is 7.92. The van der Waals surface area contributed by atoms with Crippen LogP contribution in [0.3, 0.4) is 0 Å².